The Morgan fingerprint density at radius 2 is 2.05 bits per heavy atom. The highest BCUT2D eigenvalue weighted by Gasteiger charge is 2.25. The Bertz CT molecular complexity index is 604. The van der Waals surface area contributed by atoms with E-state index in [0.29, 0.717) is 12.3 Å². The van der Waals surface area contributed by atoms with Gasteiger partial charge in [-0.3, -0.25) is 4.79 Å². The van der Waals surface area contributed by atoms with Gasteiger partial charge in [-0.05, 0) is 25.1 Å². The first kappa shape index (κ1) is 17.7. The molecule has 0 radical (unpaired) electrons. The number of halogens is 1. The minimum Gasteiger partial charge on any atom is -0.495 e. The molecule has 21 heavy (non-hydrogen) atoms. The molecule has 0 unspecified atom stereocenters. The molecule has 0 bridgehead atoms. The lowest BCUT2D eigenvalue weighted by molar-refractivity contribution is -0.121. The van der Waals surface area contributed by atoms with E-state index in [1.165, 1.54) is 25.3 Å². The lowest BCUT2D eigenvalue weighted by Crippen LogP contribution is -2.40. The third-order valence-electron chi connectivity index (χ3n) is 2.81. The predicted molar refractivity (Wildman–Crippen MR) is 81.1 cm³/mol. The lowest BCUT2D eigenvalue weighted by Gasteiger charge is -2.20. The Kier molecular flexibility index (Phi) is 6.44. The number of carbonyl (C=O) groups is 1. The summed E-state index contributed by atoms with van der Waals surface area (Å²) in [5.74, 6) is 0.0462. The van der Waals surface area contributed by atoms with Gasteiger partial charge in [0, 0.05) is 13.1 Å². The normalized spacial score (nSPS) is 11.5. The summed E-state index contributed by atoms with van der Waals surface area (Å²) in [5.41, 5.74) is 0. The Labute approximate surface area is 130 Å². The molecule has 0 atom stereocenters. The van der Waals surface area contributed by atoms with Crippen LogP contribution in [0.1, 0.15) is 13.8 Å². The Hall–Kier alpha value is -1.31. The Balaban J connectivity index is 3.07. The minimum atomic E-state index is -3.78. The summed E-state index contributed by atoms with van der Waals surface area (Å²) in [6, 6.07) is 4.20. The molecule has 0 saturated carbocycles. The van der Waals surface area contributed by atoms with Crippen LogP contribution < -0.4 is 10.1 Å². The topological polar surface area (TPSA) is 75.7 Å². The molecule has 1 aromatic rings. The largest absolute Gasteiger partial charge is 0.495 e. The van der Waals surface area contributed by atoms with Crippen molar-refractivity contribution in [2.24, 2.45) is 0 Å². The molecule has 0 saturated heterocycles. The SMILES string of the molecule is CCNC(=O)CN(CC)S(=O)(=O)c1ccc(OC)c(Cl)c1. The summed E-state index contributed by atoms with van der Waals surface area (Å²) in [5, 5.41) is 2.77. The van der Waals surface area contributed by atoms with Gasteiger partial charge in [-0.15, -0.1) is 0 Å². The number of hydrogen-bond donors (Lipinski definition) is 1. The van der Waals surface area contributed by atoms with Crippen molar-refractivity contribution in [1.29, 1.82) is 0 Å². The van der Waals surface area contributed by atoms with Crippen molar-refractivity contribution in [3.05, 3.63) is 23.2 Å². The Morgan fingerprint density at radius 3 is 2.52 bits per heavy atom. The van der Waals surface area contributed by atoms with Crippen LogP contribution in [0, 0.1) is 0 Å². The van der Waals surface area contributed by atoms with Crippen LogP contribution in [-0.4, -0.2) is 45.4 Å². The van der Waals surface area contributed by atoms with Gasteiger partial charge in [-0.25, -0.2) is 8.42 Å². The van der Waals surface area contributed by atoms with Crippen molar-refractivity contribution < 1.29 is 17.9 Å². The fourth-order valence-electron chi connectivity index (χ4n) is 1.74. The fraction of sp³-hybridized carbons (Fsp3) is 0.462. The molecule has 6 nitrogen and oxygen atoms in total. The molecule has 0 heterocycles. The zero-order valence-corrected chi connectivity index (χ0v) is 13.8. The van der Waals surface area contributed by atoms with Crippen LogP contribution in [0.2, 0.25) is 5.02 Å². The average Bonchev–Trinajstić information content (AvgIpc) is 2.44. The van der Waals surface area contributed by atoms with Crippen LogP contribution in [0.3, 0.4) is 0 Å². The molecule has 8 heteroatoms. The quantitative estimate of drug-likeness (QED) is 0.819. The first-order chi connectivity index (χ1) is 9.86. The highest BCUT2D eigenvalue weighted by atomic mass is 35.5. The number of benzene rings is 1. The number of ether oxygens (including phenoxy) is 1. The number of methoxy groups -OCH3 is 1. The maximum absolute atomic E-state index is 12.5. The van der Waals surface area contributed by atoms with E-state index in [2.05, 4.69) is 5.32 Å². The number of sulfonamides is 1. The van der Waals surface area contributed by atoms with E-state index in [1.54, 1.807) is 13.8 Å². The number of amides is 1. The molecule has 0 aliphatic rings. The highest BCUT2D eigenvalue weighted by molar-refractivity contribution is 7.89. The summed E-state index contributed by atoms with van der Waals surface area (Å²) in [6.07, 6.45) is 0. The summed E-state index contributed by atoms with van der Waals surface area (Å²) < 4.78 is 31.1. The average molecular weight is 335 g/mol. The summed E-state index contributed by atoms with van der Waals surface area (Å²) >= 11 is 5.95. The second-order valence-corrected chi connectivity index (χ2v) is 6.53. The van der Waals surface area contributed by atoms with Crippen molar-refractivity contribution in [1.82, 2.24) is 9.62 Å². The van der Waals surface area contributed by atoms with Crippen LogP contribution in [-0.2, 0) is 14.8 Å². The molecule has 0 aromatic heterocycles. The zero-order chi connectivity index (χ0) is 16.0. The maximum Gasteiger partial charge on any atom is 0.243 e. The van der Waals surface area contributed by atoms with Gasteiger partial charge in [-0.1, -0.05) is 18.5 Å². The van der Waals surface area contributed by atoms with Crippen molar-refractivity contribution in [3.8, 4) is 5.75 Å². The van der Waals surface area contributed by atoms with Gasteiger partial charge < -0.3 is 10.1 Å². The lowest BCUT2D eigenvalue weighted by atomic mass is 10.3. The fourth-order valence-corrected chi connectivity index (χ4v) is 3.49. The Morgan fingerprint density at radius 1 is 1.38 bits per heavy atom. The molecule has 1 N–H and O–H groups in total. The van der Waals surface area contributed by atoms with Crippen molar-refractivity contribution in [2.45, 2.75) is 18.7 Å². The first-order valence-corrected chi connectivity index (χ1v) is 8.29. The minimum absolute atomic E-state index is 0.0273. The first-order valence-electron chi connectivity index (χ1n) is 6.47. The second-order valence-electron chi connectivity index (χ2n) is 4.18. The molecule has 1 amide bonds. The smallest absolute Gasteiger partial charge is 0.243 e. The van der Waals surface area contributed by atoms with Gasteiger partial charge in [0.1, 0.15) is 5.75 Å². The predicted octanol–water partition coefficient (Wildman–Crippen LogP) is 1.50. The van der Waals surface area contributed by atoms with E-state index >= 15 is 0 Å². The molecule has 1 aromatic carbocycles. The van der Waals surface area contributed by atoms with Crippen LogP contribution >= 0.6 is 11.6 Å². The monoisotopic (exact) mass is 334 g/mol. The van der Waals surface area contributed by atoms with E-state index in [0.717, 1.165) is 4.31 Å². The highest BCUT2D eigenvalue weighted by Crippen LogP contribution is 2.28. The number of likely N-dealkylation sites (N-methyl/N-ethyl adjacent to an activating group) is 2. The van der Waals surface area contributed by atoms with Crippen LogP contribution in [0.25, 0.3) is 0 Å². The van der Waals surface area contributed by atoms with Gasteiger partial charge in [0.05, 0.1) is 23.6 Å². The van der Waals surface area contributed by atoms with Crippen LogP contribution in [0.15, 0.2) is 23.1 Å². The van der Waals surface area contributed by atoms with E-state index < -0.39 is 10.0 Å². The molecule has 0 spiro atoms. The second kappa shape index (κ2) is 7.63. The summed E-state index contributed by atoms with van der Waals surface area (Å²) in [4.78, 5) is 11.6. The maximum atomic E-state index is 12.5. The number of carbonyl (C=O) groups excluding carboxylic acids is 1. The van der Waals surface area contributed by atoms with Crippen molar-refractivity contribution in [3.63, 3.8) is 0 Å². The molecular formula is C13H19ClN2O4S. The molecular weight excluding hydrogens is 316 g/mol. The summed E-state index contributed by atoms with van der Waals surface area (Å²) in [7, 11) is -2.33. The summed E-state index contributed by atoms with van der Waals surface area (Å²) in [6.45, 7) is 3.85. The van der Waals surface area contributed by atoms with E-state index in [4.69, 9.17) is 16.3 Å². The third-order valence-corrected chi connectivity index (χ3v) is 5.02. The number of nitrogens with one attached hydrogen (secondary N) is 1. The van der Waals surface area contributed by atoms with Gasteiger partial charge >= 0.3 is 0 Å². The number of rotatable bonds is 7. The number of hydrogen-bond acceptors (Lipinski definition) is 4. The standard InChI is InChI=1S/C13H19ClN2O4S/c1-4-15-13(17)9-16(5-2)21(18,19)10-6-7-12(20-3)11(14)8-10/h6-8H,4-5,9H2,1-3H3,(H,15,17). The van der Waals surface area contributed by atoms with Gasteiger partial charge in [0.15, 0.2) is 0 Å². The van der Waals surface area contributed by atoms with Gasteiger partial charge in [0.25, 0.3) is 0 Å². The van der Waals surface area contributed by atoms with Gasteiger partial charge in [-0.2, -0.15) is 4.31 Å². The molecule has 0 fully saturated rings. The van der Waals surface area contributed by atoms with Gasteiger partial charge in [0.2, 0.25) is 15.9 Å². The van der Waals surface area contributed by atoms with E-state index in [1.807, 2.05) is 0 Å². The molecule has 118 valence electrons. The van der Waals surface area contributed by atoms with Crippen LogP contribution in [0.4, 0.5) is 0 Å². The van der Waals surface area contributed by atoms with Crippen molar-refractivity contribution >= 4 is 27.5 Å². The molecule has 0 aliphatic carbocycles. The molecule has 0 aliphatic heterocycles. The van der Waals surface area contributed by atoms with Crippen LogP contribution in [0.5, 0.6) is 5.75 Å². The number of nitrogens with zero attached hydrogens (tertiary/aromatic N) is 1. The molecule has 1 rings (SSSR count). The van der Waals surface area contributed by atoms with E-state index in [-0.39, 0.29) is 28.9 Å². The third kappa shape index (κ3) is 4.33. The van der Waals surface area contributed by atoms with Crippen molar-refractivity contribution in [2.75, 3.05) is 26.7 Å². The zero-order valence-electron chi connectivity index (χ0n) is 12.2. The van der Waals surface area contributed by atoms with E-state index in [9.17, 15) is 13.2 Å².